The molecule has 0 aliphatic carbocycles. The summed E-state index contributed by atoms with van der Waals surface area (Å²) in [6.07, 6.45) is 0. The average Bonchev–Trinajstić information content (AvgIpc) is 3.06. The summed E-state index contributed by atoms with van der Waals surface area (Å²) in [4.78, 5) is 11.9. The van der Waals surface area contributed by atoms with Crippen molar-refractivity contribution >= 4 is 15.9 Å². The van der Waals surface area contributed by atoms with Crippen LogP contribution in [-0.2, 0) is 21.4 Å². The van der Waals surface area contributed by atoms with E-state index in [1.165, 1.54) is 18.2 Å². The molecule has 0 bridgehead atoms. The molecule has 25 heavy (non-hydrogen) atoms. The minimum atomic E-state index is -3.81. The monoisotopic (exact) mass is 362 g/mol. The first-order valence-electron chi connectivity index (χ1n) is 7.65. The van der Waals surface area contributed by atoms with Gasteiger partial charge in [-0.1, -0.05) is 29.8 Å². The zero-order valence-corrected chi connectivity index (χ0v) is 14.4. The number of carbonyl (C=O) groups is 1. The molecule has 3 rings (SSSR count). The van der Waals surface area contributed by atoms with Gasteiger partial charge in [0.25, 0.3) is 0 Å². The van der Waals surface area contributed by atoms with Crippen molar-refractivity contribution in [3.05, 3.63) is 53.6 Å². The number of aryl methyl sites for hydroxylation is 1. The predicted molar refractivity (Wildman–Crippen MR) is 90.8 cm³/mol. The van der Waals surface area contributed by atoms with E-state index in [0.717, 1.165) is 11.1 Å². The molecular weight excluding hydrogens is 344 g/mol. The first-order valence-corrected chi connectivity index (χ1v) is 9.14. The molecule has 0 fully saturated rings. The van der Waals surface area contributed by atoms with Gasteiger partial charge >= 0.3 is 0 Å². The first kappa shape index (κ1) is 17.2. The van der Waals surface area contributed by atoms with Crippen LogP contribution in [0.5, 0.6) is 11.5 Å². The highest BCUT2D eigenvalue weighted by Crippen LogP contribution is 2.33. The highest BCUT2D eigenvalue weighted by atomic mass is 32.2. The number of ether oxygens (including phenoxy) is 2. The van der Waals surface area contributed by atoms with Crippen LogP contribution >= 0.6 is 0 Å². The number of hydrogen-bond donors (Lipinski definition) is 2. The number of sulfonamides is 1. The summed E-state index contributed by atoms with van der Waals surface area (Å²) >= 11 is 0. The average molecular weight is 362 g/mol. The van der Waals surface area contributed by atoms with Crippen molar-refractivity contribution in [3.8, 4) is 11.5 Å². The van der Waals surface area contributed by atoms with Gasteiger partial charge < -0.3 is 14.8 Å². The number of hydrogen-bond acceptors (Lipinski definition) is 5. The van der Waals surface area contributed by atoms with Gasteiger partial charge in [0, 0.05) is 12.6 Å². The summed E-state index contributed by atoms with van der Waals surface area (Å²) < 4.78 is 37.1. The largest absolute Gasteiger partial charge is 0.454 e. The van der Waals surface area contributed by atoms with Gasteiger partial charge in [0.05, 0.1) is 11.4 Å². The highest BCUT2D eigenvalue weighted by Gasteiger charge is 2.20. The molecule has 0 unspecified atom stereocenters. The van der Waals surface area contributed by atoms with E-state index in [1.54, 1.807) is 0 Å². The molecule has 1 amide bonds. The lowest BCUT2D eigenvalue weighted by Gasteiger charge is -2.09. The lowest BCUT2D eigenvalue weighted by Crippen LogP contribution is -2.36. The fraction of sp³-hybridized carbons (Fsp3) is 0.235. The number of nitrogens with one attached hydrogen (secondary N) is 2. The molecule has 132 valence electrons. The standard InChI is InChI=1S/C17H18N2O5S/c1-12-3-2-4-13(7-12)9-18-17(20)10-19-25(21,22)14-5-6-15-16(8-14)24-11-23-15/h2-8,19H,9-11H2,1H3,(H,18,20). The Hall–Kier alpha value is -2.58. The molecule has 0 radical (unpaired) electrons. The Morgan fingerprint density at radius 2 is 1.92 bits per heavy atom. The Kier molecular flexibility index (Phi) is 4.91. The summed E-state index contributed by atoms with van der Waals surface area (Å²) in [5, 5.41) is 2.68. The van der Waals surface area contributed by atoms with Crippen LogP contribution in [0.4, 0.5) is 0 Å². The van der Waals surface area contributed by atoms with Gasteiger partial charge in [-0.2, -0.15) is 0 Å². The van der Waals surface area contributed by atoms with Crippen molar-refractivity contribution in [3.63, 3.8) is 0 Å². The van der Waals surface area contributed by atoms with Crippen LogP contribution in [0.1, 0.15) is 11.1 Å². The maximum Gasteiger partial charge on any atom is 0.241 e. The summed E-state index contributed by atoms with van der Waals surface area (Å²) in [5.74, 6) is 0.451. The molecule has 0 atom stereocenters. The molecule has 8 heteroatoms. The maximum absolute atomic E-state index is 12.3. The van der Waals surface area contributed by atoms with Crippen molar-refractivity contribution < 1.29 is 22.7 Å². The van der Waals surface area contributed by atoms with Crippen LogP contribution in [0.15, 0.2) is 47.4 Å². The molecule has 0 saturated heterocycles. The maximum atomic E-state index is 12.3. The Balaban J connectivity index is 1.55. The molecule has 0 aromatic heterocycles. The first-order chi connectivity index (χ1) is 11.9. The van der Waals surface area contributed by atoms with Crippen molar-refractivity contribution in [2.45, 2.75) is 18.4 Å². The van der Waals surface area contributed by atoms with Gasteiger partial charge in [0.15, 0.2) is 11.5 Å². The van der Waals surface area contributed by atoms with Gasteiger partial charge in [-0.15, -0.1) is 0 Å². The summed E-state index contributed by atoms with van der Waals surface area (Å²) in [7, 11) is -3.81. The predicted octanol–water partition coefficient (Wildman–Crippen LogP) is 1.32. The Bertz CT molecular complexity index is 896. The molecule has 1 aliphatic rings. The van der Waals surface area contributed by atoms with Crippen molar-refractivity contribution in [1.82, 2.24) is 10.0 Å². The van der Waals surface area contributed by atoms with Gasteiger partial charge in [-0.05, 0) is 24.6 Å². The van der Waals surface area contributed by atoms with Crippen molar-refractivity contribution in [2.24, 2.45) is 0 Å². The van der Waals surface area contributed by atoms with Crippen LogP contribution in [0.3, 0.4) is 0 Å². The molecule has 2 N–H and O–H groups in total. The SMILES string of the molecule is Cc1cccc(CNC(=O)CNS(=O)(=O)c2ccc3c(c2)OCO3)c1. The zero-order valence-electron chi connectivity index (χ0n) is 13.6. The second-order valence-electron chi connectivity index (χ2n) is 5.61. The van der Waals surface area contributed by atoms with Crippen LogP contribution in [0.25, 0.3) is 0 Å². The number of carbonyl (C=O) groups excluding carboxylic acids is 1. The second kappa shape index (κ2) is 7.12. The number of amides is 1. The van der Waals surface area contributed by atoms with E-state index in [2.05, 4.69) is 10.0 Å². The van der Waals surface area contributed by atoms with Crippen LogP contribution in [-0.4, -0.2) is 27.7 Å². The highest BCUT2D eigenvalue weighted by molar-refractivity contribution is 7.89. The molecule has 0 spiro atoms. The summed E-state index contributed by atoms with van der Waals surface area (Å²) in [6, 6.07) is 12.0. The number of fused-ring (bicyclic) bond motifs is 1. The molecule has 1 heterocycles. The van der Waals surface area contributed by atoms with Gasteiger partial charge in [-0.25, -0.2) is 13.1 Å². The third-order valence-electron chi connectivity index (χ3n) is 3.65. The Labute approximate surface area is 146 Å². The quantitative estimate of drug-likeness (QED) is 0.808. The second-order valence-corrected chi connectivity index (χ2v) is 7.37. The molecule has 0 saturated carbocycles. The van der Waals surface area contributed by atoms with Gasteiger partial charge in [0.2, 0.25) is 22.7 Å². The zero-order chi connectivity index (χ0) is 17.9. The number of benzene rings is 2. The summed E-state index contributed by atoms with van der Waals surface area (Å²) in [5.41, 5.74) is 2.04. The molecule has 2 aromatic carbocycles. The van der Waals surface area contributed by atoms with Crippen molar-refractivity contribution in [2.75, 3.05) is 13.3 Å². The fourth-order valence-corrected chi connectivity index (χ4v) is 3.37. The normalized spacial score (nSPS) is 12.8. The molecule has 7 nitrogen and oxygen atoms in total. The smallest absolute Gasteiger partial charge is 0.241 e. The van der Waals surface area contributed by atoms with Gasteiger partial charge in [0.1, 0.15) is 0 Å². The van der Waals surface area contributed by atoms with Crippen LogP contribution in [0.2, 0.25) is 0 Å². The lowest BCUT2D eigenvalue weighted by molar-refractivity contribution is -0.120. The minimum absolute atomic E-state index is 0.0169. The van der Waals surface area contributed by atoms with Crippen LogP contribution in [0, 0.1) is 6.92 Å². The molecule has 2 aromatic rings. The third kappa shape index (κ3) is 4.28. The topological polar surface area (TPSA) is 93.7 Å². The summed E-state index contributed by atoms with van der Waals surface area (Å²) in [6.45, 7) is 2.02. The molecule has 1 aliphatic heterocycles. The minimum Gasteiger partial charge on any atom is -0.454 e. The van der Waals surface area contributed by atoms with Crippen molar-refractivity contribution in [1.29, 1.82) is 0 Å². The van der Waals surface area contributed by atoms with E-state index < -0.39 is 15.9 Å². The molecular formula is C17H18N2O5S. The van der Waals surface area contributed by atoms with E-state index in [9.17, 15) is 13.2 Å². The van der Waals surface area contributed by atoms with Gasteiger partial charge in [-0.3, -0.25) is 4.79 Å². The van der Waals surface area contributed by atoms with E-state index in [-0.39, 0.29) is 18.2 Å². The lowest BCUT2D eigenvalue weighted by atomic mass is 10.1. The number of rotatable bonds is 6. The van der Waals surface area contributed by atoms with E-state index in [1.807, 2.05) is 31.2 Å². The fourth-order valence-electron chi connectivity index (χ4n) is 2.37. The van der Waals surface area contributed by atoms with E-state index >= 15 is 0 Å². The third-order valence-corrected chi connectivity index (χ3v) is 5.05. The van der Waals surface area contributed by atoms with E-state index in [4.69, 9.17) is 9.47 Å². The van der Waals surface area contributed by atoms with E-state index in [0.29, 0.717) is 18.0 Å². The Morgan fingerprint density at radius 1 is 1.12 bits per heavy atom. The van der Waals surface area contributed by atoms with Crippen LogP contribution < -0.4 is 19.5 Å². The Morgan fingerprint density at radius 3 is 2.72 bits per heavy atom.